The number of nitrogens with zero attached hydrogens (tertiary/aromatic N) is 1. The summed E-state index contributed by atoms with van der Waals surface area (Å²) in [6.07, 6.45) is 10.8. The Morgan fingerprint density at radius 2 is 1.80 bits per heavy atom. The first-order valence-corrected chi connectivity index (χ1v) is 9.69. The van der Waals surface area contributed by atoms with Crippen molar-refractivity contribution in [1.82, 2.24) is 4.98 Å². The van der Waals surface area contributed by atoms with Crippen LogP contribution in [0.3, 0.4) is 0 Å². The summed E-state index contributed by atoms with van der Waals surface area (Å²) in [7, 11) is 0. The molecule has 0 atom stereocenters. The Hall–Kier alpha value is -1.81. The molecule has 2 fully saturated rings. The zero-order chi connectivity index (χ0) is 17.2. The molecule has 0 spiro atoms. The van der Waals surface area contributed by atoms with Crippen molar-refractivity contribution in [3.63, 3.8) is 0 Å². The van der Waals surface area contributed by atoms with Crippen LogP contribution in [-0.4, -0.2) is 28.3 Å². The monoisotopic (exact) mass is 340 g/mol. The minimum absolute atomic E-state index is 0.128. The van der Waals surface area contributed by atoms with E-state index in [-0.39, 0.29) is 6.10 Å². The zero-order valence-corrected chi connectivity index (χ0v) is 15.0. The molecule has 0 aliphatic heterocycles. The molecule has 1 aromatic heterocycles. The van der Waals surface area contributed by atoms with Crippen molar-refractivity contribution in [2.75, 3.05) is 5.32 Å². The molecule has 4 rings (SSSR count). The van der Waals surface area contributed by atoms with Crippen molar-refractivity contribution >= 4 is 16.6 Å². The molecule has 134 valence electrons. The standard InChI is InChI=1S/C21H28N2O2/c1-14-6-11-20(25-17-4-2-3-5-17)18-12-21(22-13-19(14)18)23-15-7-9-16(24)10-8-15/h6,11-13,15-17,24H,2-5,7-10H2,1H3,(H,22,23). The molecule has 2 aromatic rings. The van der Waals surface area contributed by atoms with Crippen LogP contribution in [0.1, 0.15) is 56.9 Å². The average Bonchev–Trinajstić information content (AvgIpc) is 3.13. The van der Waals surface area contributed by atoms with Crippen molar-refractivity contribution in [3.8, 4) is 5.75 Å². The number of aromatic nitrogens is 1. The Labute approximate surface area is 149 Å². The van der Waals surface area contributed by atoms with Gasteiger partial charge in [-0.15, -0.1) is 0 Å². The molecule has 0 amide bonds. The van der Waals surface area contributed by atoms with E-state index in [0.29, 0.717) is 12.1 Å². The largest absolute Gasteiger partial charge is 0.490 e. The molecule has 4 nitrogen and oxygen atoms in total. The van der Waals surface area contributed by atoms with Crippen molar-refractivity contribution < 1.29 is 9.84 Å². The average molecular weight is 340 g/mol. The molecule has 2 saturated carbocycles. The maximum atomic E-state index is 9.68. The van der Waals surface area contributed by atoms with Crippen molar-refractivity contribution in [2.24, 2.45) is 0 Å². The minimum Gasteiger partial charge on any atom is -0.490 e. The highest BCUT2D eigenvalue weighted by molar-refractivity contribution is 5.92. The van der Waals surface area contributed by atoms with Gasteiger partial charge in [0.15, 0.2) is 0 Å². The van der Waals surface area contributed by atoms with Crippen molar-refractivity contribution in [1.29, 1.82) is 0 Å². The number of rotatable bonds is 4. The first-order chi connectivity index (χ1) is 12.2. The second-order valence-electron chi connectivity index (χ2n) is 7.67. The number of hydrogen-bond donors (Lipinski definition) is 2. The molecule has 25 heavy (non-hydrogen) atoms. The van der Waals surface area contributed by atoms with E-state index in [1.54, 1.807) is 0 Å². The van der Waals surface area contributed by atoms with Gasteiger partial charge in [0, 0.05) is 23.0 Å². The van der Waals surface area contributed by atoms with E-state index in [9.17, 15) is 5.11 Å². The molecular weight excluding hydrogens is 312 g/mol. The van der Waals surface area contributed by atoms with Crippen molar-refractivity contribution in [3.05, 3.63) is 30.0 Å². The molecule has 2 aliphatic carbocycles. The number of anilines is 1. The first-order valence-electron chi connectivity index (χ1n) is 9.69. The van der Waals surface area contributed by atoms with Crippen LogP contribution in [0.2, 0.25) is 0 Å². The summed E-state index contributed by atoms with van der Waals surface area (Å²) in [5, 5.41) is 15.6. The smallest absolute Gasteiger partial charge is 0.127 e. The number of aliphatic hydroxyl groups excluding tert-OH is 1. The summed E-state index contributed by atoms with van der Waals surface area (Å²) < 4.78 is 6.31. The van der Waals surface area contributed by atoms with E-state index in [1.807, 2.05) is 6.20 Å². The van der Waals surface area contributed by atoms with Gasteiger partial charge in [-0.05, 0) is 76.0 Å². The maximum Gasteiger partial charge on any atom is 0.127 e. The number of pyridine rings is 1. The van der Waals surface area contributed by atoms with E-state index in [0.717, 1.165) is 55.5 Å². The van der Waals surface area contributed by atoms with Gasteiger partial charge >= 0.3 is 0 Å². The fourth-order valence-electron chi connectivity index (χ4n) is 4.15. The van der Waals surface area contributed by atoms with E-state index >= 15 is 0 Å². The Bertz CT molecular complexity index is 732. The van der Waals surface area contributed by atoms with Gasteiger partial charge in [0.2, 0.25) is 0 Å². The lowest BCUT2D eigenvalue weighted by atomic mass is 9.93. The lowest BCUT2D eigenvalue weighted by Gasteiger charge is -2.26. The van der Waals surface area contributed by atoms with Gasteiger partial charge in [0.1, 0.15) is 11.6 Å². The van der Waals surface area contributed by atoms with E-state index in [4.69, 9.17) is 4.74 Å². The summed E-state index contributed by atoms with van der Waals surface area (Å²) in [6.45, 7) is 2.12. The van der Waals surface area contributed by atoms with E-state index in [2.05, 4.69) is 35.4 Å². The highest BCUT2D eigenvalue weighted by Crippen LogP contribution is 2.33. The number of aryl methyl sites for hydroxylation is 1. The van der Waals surface area contributed by atoms with Crippen LogP contribution < -0.4 is 10.1 Å². The topological polar surface area (TPSA) is 54.4 Å². The third kappa shape index (κ3) is 3.74. The maximum absolute atomic E-state index is 9.68. The molecular formula is C21H28N2O2. The van der Waals surface area contributed by atoms with Crippen LogP contribution in [-0.2, 0) is 0 Å². The second-order valence-corrected chi connectivity index (χ2v) is 7.67. The van der Waals surface area contributed by atoms with Gasteiger partial charge in [0.25, 0.3) is 0 Å². The third-order valence-corrected chi connectivity index (χ3v) is 5.72. The Balaban J connectivity index is 1.58. The summed E-state index contributed by atoms with van der Waals surface area (Å²) >= 11 is 0. The van der Waals surface area contributed by atoms with E-state index in [1.165, 1.54) is 23.8 Å². The van der Waals surface area contributed by atoms with Crippen LogP contribution >= 0.6 is 0 Å². The molecule has 4 heteroatoms. The predicted molar refractivity (Wildman–Crippen MR) is 101 cm³/mol. The third-order valence-electron chi connectivity index (χ3n) is 5.72. The minimum atomic E-state index is -0.128. The normalized spacial score (nSPS) is 24.6. The van der Waals surface area contributed by atoms with Crippen LogP contribution in [0.4, 0.5) is 5.82 Å². The molecule has 0 unspecified atom stereocenters. The highest BCUT2D eigenvalue weighted by atomic mass is 16.5. The molecule has 0 bridgehead atoms. The Kier molecular flexibility index (Phi) is 4.80. The molecule has 1 aromatic carbocycles. The molecule has 1 heterocycles. The number of nitrogens with one attached hydrogen (secondary N) is 1. The van der Waals surface area contributed by atoms with Crippen LogP contribution in [0.5, 0.6) is 5.75 Å². The molecule has 0 radical (unpaired) electrons. The summed E-state index contributed by atoms with van der Waals surface area (Å²) in [5.41, 5.74) is 1.23. The number of aliphatic hydroxyl groups is 1. The number of ether oxygens (including phenoxy) is 1. The lowest BCUT2D eigenvalue weighted by molar-refractivity contribution is 0.126. The number of hydrogen-bond acceptors (Lipinski definition) is 4. The number of benzene rings is 1. The van der Waals surface area contributed by atoms with Gasteiger partial charge in [-0.25, -0.2) is 4.98 Å². The summed E-state index contributed by atoms with van der Waals surface area (Å²) in [5.74, 6) is 1.90. The molecule has 0 saturated heterocycles. The zero-order valence-electron chi connectivity index (χ0n) is 15.0. The second kappa shape index (κ2) is 7.20. The van der Waals surface area contributed by atoms with Gasteiger partial charge in [-0.1, -0.05) is 6.07 Å². The SMILES string of the molecule is Cc1ccc(OC2CCCC2)c2cc(NC3CCC(O)CC3)ncc12. The van der Waals surface area contributed by atoms with Crippen LogP contribution in [0.15, 0.2) is 24.4 Å². The fraction of sp³-hybridized carbons (Fsp3) is 0.571. The van der Waals surface area contributed by atoms with Gasteiger partial charge in [-0.3, -0.25) is 0 Å². The highest BCUT2D eigenvalue weighted by Gasteiger charge is 2.21. The van der Waals surface area contributed by atoms with Gasteiger partial charge in [0.05, 0.1) is 12.2 Å². The van der Waals surface area contributed by atoms with Crippen molar-refractivity contribution in [2.45, 2.75) is 76.5 Å². The lowest BCUT2D eigenvalue weighted by Crippen LogP contribution is -2.28. The fourth-order valence-corrected chi connectivity index (χ4v) is 4.15. The first kappa shape index (κ1) is 16.6. The van der Waals surface area contributed by atoms with E-state index < -0.39 is 0 Å². The van der Waals surface area contributed by atoms with Crippen LogP contribution in [0, 0.1) is 6.92 Å². The Morgan fingerprint density at radius 3 is 2.56 bits per heavy atom. The van der Waals surface area contributed by atoms with Crippen LogP contribution in [0.25, 0.3) is 10.8 Å². The quantitative estimate of drug-likeness (QED) is 0.855. The van der Waals surface area contributed by atoms with Gasteiger partial charge in [-0.2, -0.15) is 0 Å². The van der Waals surface area contributed by atoms with Gasteiger partial charge < -0.3 is 15.2 Å². The number of fused-ring (bicyclic) bond motifs is 1. The molecule has 2 N–H and O–H groups in total. The summed E-state index contributed by atoms with van der Waals surface area (Å²) in [4.78, 5) is 4.62. The Morgan fingerprint density at radius 1 is 1.04 bits per heavy atom. The summed E-state index contributed by atoms with van der Waals surface area (Å²) in [6, 6.07) is 6.77. The molecule has 2 aliphatic rings. The predicted octanol–water partition coefficient (Wildman–Crippen LogP) is 4.58.